The first-order chi connectivity index (χ1) is 10.5. The summed E-state index contributed by atoms with van der Waals surface area (Å²) in [6.07, 6.45) is 1.63. The highest BCUT2D eigenvalue weighted by Gasteiger charge is 2.26. The van der Waals surface area contributed by atoms with E-state index < -0.39 is 0 Å². The molecule has 0 radical (unpaired) electrons. The second-order valence-corrected chi connectivity index (χ2v) is 5.47. The summed E-state index contributed by atoms with van der Waals surface area (Å²) in [7, 11) is 1.73. The molecular weight excluding hydrogens is 284 g/mol. The average molecular weight is 302 g/mol. The van der Waals surface area contributed by atoms with Gasteiger partial charge in [-0.2, -0.15) is 5.10 Å². The summed E-state index contributed by atoms with van der Waals surface area (Å²) in [4.78, 5) is 30.0. The topological polar surface area (TPSA) is 95.9 Å². The van der Waals surface area contributed by atoms with Crippen molar-refractivity contribution in [3.05, 3.63) is 34.7 Å². The smallest absolute Gasteiger partial charge is 0.289 e. The minimum atomic E-state index is -0.294. The molecule has 8 heteroatoms. The molecule has 2 aromatic rings. The predicted molar refractivity (Wildman–Crippen MR) is 78.4 cm³/mol. The number of rotatable bonds is 3. The Balaban J connectivity index is 1.74. The summed E-state index contributed by atoms with van der Waals surface area (Å²) >= 11 is 0. The molecule has 2 aromatic heterocycles. The summed E-state index contributed by atoms with van der Waals surface area (Å²) in [6.45, 7) is 5.44. The van der Waals surface area contributed by atoms with Crippen LogP contribution in [0.1, 0.15) is 38.1 Å². The zero-order chi connectivity index (χ0) is 15.9. The third kappa shape index (κ3) is 2.36. The molecule has 1 aliphatic heterocycles. The Kier molecular flexibility index (Phi) is 3.44. The lowest BCUT2D eigenvalue weighted by Gasteiger charge is -2.22. The number of aromatic nitrogens is 4. The number of nitrogens with zero attached hydrogens (tertiary/aromatic N) is 4. The van der Waals surface area contributed by atoms with Gasteiger partial charge < -0.3 is 14.8 Å². The van der Waals surface area contributed by atoms with Crippen LogP contribution in [-0.2, 0) is 13.1 Å². The van der Waals surface area contributed by atoms with E-state index in [-0.39, 0.29) is 17.5 Å². The van der Waals surface area contributed by atoms with Crippen LogP contribution in [0.2, 0.25) is 0 Å². The van der Waals surface area contributed by atoms with Crippen LogP contribution in [0.25, 0.3) is 0 Å². The average Bonchev–Trinajstić information content (AvgIpc) is 3.06. The fourth-order valence-corrected chi connectivity index (χ4v) is 2.49. The number of fused-ring (bicyclic) bond motifs is 1. The van der Waals surface area contributed by atoms with Crippen LogP contribution in [0, 0.1) is 13.8 Å². The van der Waals surface area contributed by atoms with E-state index in [0.29, 0.717) is 25.5 Å². The second-order valence-electron chi connectivity index (χ2n) is 5.47. The molecule has 3 heterocycles. The molecule has 0 spiro atoms. The fraction of sp³-hybridized carbons (Fsp3) is 0.429. The molecule has 0 aromatic carbocycles. The van der Waals surface area contributed by atoms with E-state index >= 15 is 0 Å². The fourth-order valence-electron chi connectivity index (χ4n) is 2.49. The number of hydrogen-bond donors (Lipinski definition) is 2. The van der Waals surface area contributed by atoms with Crippen molar-refractivity contribution in [3.8, 4) is 0 Å². The van der Waals surface area contributed by atoms with Gasteiger partial charge in [0, 0.05) is 44.1 Å². The van der Waals surface area contributed by atoms with Gasteiger partial charge in [0.15, 0.2) is 5.82 Å². The summed E-state index contributed by atoms with van der Waals surface area (Å²) in [6, 6.07) is 0. The monoisotopic (exact) mass is 302 g/mol. The van der Waals surface area contributed by atoms with Crippen LogP contribution in [0.3, 0.4) is 0 Å². The molecule has 0 fully saturated rings. The normalized spacial score (nSPS) is 14.1. The zero-order valence-corrected chi connectivity index (χ0v) is 12.8. The highest BCUT2D eigenvalue weighted by Crippen LogP contribution is 2.12. The van der Waals surface area contributed by atoms with E-state index in [9.17, 15) is 9.59 Å². The van der Waals surface area contributed by atoms with Crippen molar-refractivity contribution < 1.29 is 9.59 Å². The van der Waals surface area contributed by atoms with Gasteiger partial charge >= 0.3 is 0 Å². The Bertz CT molecular complexity index is 725. The van der Waals surface area contributed by atoms with Crippen molar-refractivity contribution in [2.45, 2.75) is 26.9 Å². The molecule has 2 N–H and O–H groups in total. The highest BCUT2D eigenvalue weighted by atomic mass is 16.2. The van der Waals surface area contributed by atoms with Gasteiger partial charge in [-0.05, 0) is 13.8 Å². The molecule has 0 unspecified atom stereocenters. The molecule has 0 atom stereocenters. The molecule has 0 bridgehead atoms. The van der Waals surface area contributed by atoms with Gasteiger partial charge in [0.05, 0.1) is 5.69 Å². The zero-order valence-electron chi connectivity index (χ0n) is 12.8. The predicted octanol–water partition coefficient (Wildman–Crippen LogP) is 0.239. The van der Waals surface area contributed by atoms with E-state index in [1.807, 2.05) is 13.8 Å². The molecule has 0 aliphatic carbocycles. The summed E-state index contributed by atoms with van der Waals surface area (Å²) < 4.78 is 1.73. The number of hydrogen-bond acceptors (Lipinski definition) is 4. The molecule has 3 rings (SSSR count). The number of amides is 2. The van der Waals surface area contributed by atoms with Crippen LogP contribution >= 0.6 is 0 Å². The van der Waals surface area contributed by atoms with Gasteiger partial charge in [0.25, 0.3) is 11.8 Å². The quantitative estimate of drug-likeness (QED) is 0.849. The van der Waals surface area contributed by atoms with Crippen molar-refractivity contribution in [1.82, 2.24) is 30.0 Å². The Morgan fingerprint density at radius 2 is 2.18 bits per heavy atom. The first-order valence-electron chi connectivity index (χ1n) is 7.08. The van der Waals surface area contributed by atoms with Gasteiger partial charge in [-0.25, -0.2) is 4.98 Å². The van der Waals surface area contributed by atoms with Gasteiger partial charge in [0.2, 0.25) is 0 Å². The summed E-state index contributed by atoms with van der Waals surface area (Å²) in [5.74, 6) is -0.140. The lowest BCUT2D eigenvalue weighted by molar-refractivity contribution is 0.0741. The first kappa shape index (κ1) is 14.3. The van der Waals surface area contributed by atoms with Crippen LogP contribution in [0.4, 0.5) is 0 Å². The van der Waals surface area contributed by atoms with E-state index in [1.54, 1.807) is 22.7 Å². The van der Waals surface area contributed by atoms with Crippen molar-refractivity contribution in [1.29, 1.82) is 0 Å². The molecule has 0 saturated carbocycles. The van der Waals surface area contributed by atoms with E-state index in [0.717, 1.165) is 17.0 Å². The van der Waals surface area contributed by atoms with Gasteiger partial charge in [-0.15, -0.1) is 0 Å². The SMILES string of the molecule is Cc1n[nH]c(C)c1CNC(=O)c1cn2c(n1)C(=O)N(C)CC2. The van der Waals surface area contributed by atoms with E-state index in [2.05, 4.69) is 20.5 Å². The molecule has 22 heavy (non-hydrogen) atoms. The first-order valence-corrected chi connectivity index (χ1v) is 7.08. The molecule has 8 nitrogen and oxygen atoms in total. The lowest BCUT2D eigenvalue weighted by atomic mass is 10.2. The maximum Gasteiger partial charge on any atom is 0.289 e. The number of carbonyl (C=O) groups excluding carboxylic acids is 2. The number of imidazole rings is 1. The third-order valence-corrected chi connectivity index (χ3v) is 3.93. The van der Waals surface area contributed by atoms with Gasteiger partial charge in [0.1, 0.15) is 5.69 Å². The number of H-pyrrole nitrogens is 1. The van der Waals surface area contributed by atoms with Gasteiger partial charge in [-0.1, -0.05) is 0 Å². The number of aromatic amines is 1. The van der Waals surface area contributed by atoms with Crippen molar-refractivity contribution in [3.63, 3.8) is 0 Å². The third-order valence-electron chi connectivity index (χ3n) is 3.93. The molecule has 116 valence electrons. The minimum absolute atomic E-state index is 0.160. The second kappa shape index (κ2) is 5.28. The molecule has 1 aliphatic rings. The number of aryl methyl sites for hydroxylation is 2. The van der Waals surface area contributed by atoms with Gasteiger partial charge in [-0.3, -0.25) is 14.7 Å². The number of carbonyl (C=O) groups is 2. The van der Waals surface area contributed by atoms with Crippen LogP contribution in [0.5, 0.6) is 0 Å². The van der Waals surface area contributed by atoms with Crippen molar-refractivity contribution in [2.24, 2.45) is 0 Å². The summed E-state index contributed by atoms with van der Waals surface area (Å²) in [5.41, 5.74) is 3.02. The van der Waals surface area contributed by atoms with E-state index in [4.69, 9.17) is 0 Å². The summed E-state index contributed by atoms with van der Waals surface area (Å²) in [5, 5.41) is 9.79. The number of nitrogens with one attached hydrogen (secondary N) is 2. The van der Waals surface area contributed by atoms with Crippen molar-refractivity contribution in [2.75, 3.05) is 13.6 Å². The molecule has 0 saturated heterocycles. The standard InChI is InChI=1S/C14H18N6O2/c1-8-10(9(2)18-17-8)6-15-13(21)11-7-20-5-4-19(3)14(22)12(20)16-11/h7H,4-6H2,1-3H3,(H,15,21)(H,17,18). The van der Waals surface area contributed by atoms with E-state index in [1.165, 1.54) is 0 Å². The molecular formula is C14H18N6O2. The Morgan fingerprint density at radius 3 is 2.86 bits per heavy atom. The van der Waals surface area contributed by atoms with Crippen LogP contribution in [0.15, 0.2) is 6.20 Å². The maximum absolute atomic E-state index is 12.2. The number of likely N-dealkylation sites (N-methyl/N-ethyl adjacent to an activating group) is 1. The molecule has 2 amide bonds. The lowest BCUT2D eigenvalue weighted by Crippen LogP contribution is -2.37. The highest BCUT2D eigenvalue weighted by molar-refractivity contribution is 5.96. The Hall–Kier alpha value is -2.64. The van der Waals surface area contributed by atoms with Crippen LogP contribution in [-0.4, -0.2) is 50.1 Å². The van der Waals surface area contributed by atoms with Crippen LogP contribution < -0.4 is 5.32 Å². The Labute approximate surface area is 127 Å². The Morgan fingerprint density at radius 1 is 1.41 bits per heavy atom. The van der Waals surface area contributed by atoms with Crippen molar-refractivity contribution >= 4 is 11.8 Å². The minimum Gasteiger partial charge on any atom is -0.346 e. The largest absolute Gasteiger partial charge is 0.346 e. The maximum atomic E-state index is 12.2.